The summed E-state index contributed by atoms with van der Waals surface area (Å²) >= 11 is 1.57. The van der Waals surface area contributed by atoms with Gasteiger partial charge in [0, 0.05) is 18.9 Å². The molecule has 2 aromatic rings. The molecule has 94 valence electrons. The van der Waals surface area contributed by atoms with E-state index >= 15 is 0 Å². The topological polar surface area (TPSA) is 68.0 Å². The van der Waals surface area contributed by atoms with E-state index in [2.05, 4.69) is 15.5 Å². The maximum Gasteiger partial charge on any atom is 0.227 e. The van der Waals surface area contributed by atoms with Gasteiger partial charge in [-0.3, -0.25) is 4.79 Å². The van der Waals surface area contributed by atoms with Crippen molar-refractivity contribution in [1.29, 1.82) is 0 Å². The van der Waals surface area contributed by atoms with Crippen molar-refractivity contribution in [2.24, 2.45) is 0 Å². The highest BCUT2D eigenvalue weighted by atomic mass is 32.1. The number of thiophene rings is 1. The second-order valence-corrected chi connectivity index (χ2v) is 5.28. The van der Waals surface area contributed by atoms with Crippen LogP contribution in [0, 0.1) is 0 Å². The molecule has 1 fully saturated rings. The zero-order valence-corrected chi connectivity index (χ0v) is 10.6. The van der Waals surface area contributed by atoms with Gasteiger partial charge >= 0.3 is 0 Å². The molecule has 0 aromatic carbocycles. The van der Waals surface area contributed by atoms with Gasteiger partial charge in [0.25, 0.3) is 0 Å². The van der Waals surface area contributed by atoms with Crippen molar-refractivity contribution in [1.82, 2.24) is 15.5 Å². The molecule has 0 atom stereocenters. The van der Waals surface area contributed by atoms with Crippen molar-refractivity contribution >= 4 is 17.2 Å². The van der Waals surface area contributed by atoms with Crippen molar-refractivity contribution < 1.29 is 9.32 Å². The van der Waals surface area contributed by atoms with Crippen LogP contribution in [0.1, 0.15) is 25.2 Å². The Kier molecular flexibility index (Phi) is 3.10. The molecule has 1 N–H and O–H groups in total. The van der Waals surface area contributed by atoms with Crippen LogP contribution in [-0.2, 0) is 11.2 Å². The first-order valence-electron chi connectivity index (χ1n) is 5.97. The lowest BCUT2D eigenvalue weighted by atomic mass is 10.3. The smallest absolute Gasteiger partial charge is 0.227 e. The number of hydrogen-bond acceptors (Lipinski definition) is 5. The maximum atomic E-state index is 11.5. The van der Waals surface area contributed by atoms with E-state index in [1.807, 2.05) is 17.5 Å². The number of carbonyl (C=O) groups is 1. The average Bonchev–Trinajstić information content (AvgIpc) is 2.87. The number of carbonyl (C=O) groups excluding carboxylic acids is 1. The standard InChI is InChI=1S/C12H13N3O2S/c16-10(13-8-3-4-8)5-6-11-14-12(15-17-11)9-2-1-7-18-9/h1-2,7-8H,3-6H2,(H,13,16). The molecule has 1 aliphatic rings. The largest absolute Gasteiger partial charge is 0.353 e. The lowest BCUT2D eigenvalue weighted by molar-refractivity contribution is -0.121. The molecule has 0 saturated heterocycles. The maximum absolute atomic E-state index is 11.5. The Morgan fingerprint density at radius 1 is 1.56 bits per heavy atom. The Morgan fingerprint density at radius 2 is 2.44 bits per heavy atom. The molecule has 1 aliphatic carbocycles. The van der Waals surface area contributed by atoms with Crippen LogP contribution in [0.3, 0.4) is 0 Å². The minimum Gasteiger partial charge on any atom is -0.353 e. The minimum atomic E-state index is 0.0633. The van der Waals surface area contributed by atoms with E-state index in [1.165, 1.54) is 0 Å². The number of amides is 1. The zero-order chi connectivity index (χ0) is 12.4. The van der Waals surface area contributed by atoms with Crippen molar-refractivity contribution in [3.05, 3.63) is 23.4 Å². The molecule has 2 heterocycles. The molecule has 18 heavy (non-hydrogen) atoms. The third-order valence-corrected chi connectivity index (χ3v) is 3.58. The van der Waals surface area contributed by atoms with Gasteiger partial charge in [0.1, 0.15) is 0 Å². The highest BCUT2D eigenvalue weighted by Crippen LogP contribution is 2.22. The normalized spacial score (nSPS) is 14.7. The Labute approximate surface area is 108 Å². The van der Waals surface area contributed by atoms with E-state index in [9.17, 15) is 4.79 Å². The van der Waals surface area contributed by atoms with Crippen LogP contribution in [0.4, 0.5) is 0 Å². The third-order valence-electron chi connectivity index (χ3n) is 2.72. The Bertz CT molecular complexity index is 531. The van der Waals surface area contributed by atoms with Crippen LogP contribution in [0.2, 0.25) is 0 Å². The summed E-state index contributed by atoms with van der Waals surface area (Å²) in [6.45, 7) is 0. The molecule has 0 bridgehead atoms. The van der Waals surface area contributed by atoms with Crippen molar-refractivity contribution in [3.63, 3.8) is 0 Å². The summed E-state index contributed by atoms with van der Waals surface area (Å²) in [7, 11) is 0. The number of rotatable bonds is 5. The van der Waals surface area contributed by atoms with Crippen LogP contribution >= 0.6 is 11.3 Å². The predicted octanol–water partition coefficient (Wildman–Crippen LogP) is 2.01. The first kappa shape index (κ1) is 11.4. The van der Waals surface area contributed by atoms with E-state index in [-0.39, 0.29) is 5.91 Å². The van der Waals surface area contributed by atoms with Crippen LogP contribution in [0.15, 0.2) is 22.0 Å². The number of nitrogens with one attached hydrogen (secondary N) is 1. The fraction of sp³-hybridized carbons (Fsp3) is 0.417. The zero-order valence-electron chi connectivity index (χ0n) is 9.76. The van der Waals surface area contributed by atoms with Crippen molar-refractivity contribution in [2.45, 2.75) is 31.7 Å². The lowest BCUT2D eigenvalue weighted by Gasteiger charge is -1.99. The molecule has 0 unspecified atom stereocenters. The van der Waals surface area contributed by atoms with Gasteiger partial charge in [-0.1, -0.05) is 11.2 Å². The minimum absolute atomic E-state index is 0.0633. The second-order valence-electron chi connectivity index (χ2n) is 4.33. The van der Waals surface area contributed by atoms with Crippen molar-refractivity contribution in [2.75, 3.05) is 0 Å². The molecule has 5 nitrogen and oxygen atoms in total. The fourth-order valence-electron chi connectivity index (χ4n) is 1.61. The number of nitrogens with zero attached hydrogens (tertiary/aromatic N) is 2. The summed E-state index contributed by atoms with van der Waals surface area (Å²) in [5, 5.41) is 8.80. The number of hydrogen-bond donors (Lipinski definition) is 1. The molecule has 1 amide bonds. The Hall–Kier alpha value is -1.69. The summed E-state index contributed by atoms with van der Waals surface area (Å²) in [4.78, 5) is 16.8. The first-order chi connectivity index (χ1) is 8.81. The molecular formula is C12H13N3O2S. The summed E-state index contributed by atoms with van der Waals surface area (Å²) in [6, 6.07) is 4.29. The quantitative estimate of drug-likeness (QED) is 0.896. The molecular weight excluding hydrogens is 250 g/mol. The van der Waals surface area contributed by atoms with Gasteiger partial charge in [-0.05, 0) is 24.3 Å². The number of aryl methyl sites for hydroxylation is 1. The van der Waals surface area contributed by atoms with Crippen LogP contribution in [0.25, 0.3) is 10.7 Å². The van der Waals surface area contributed by atoms with E-state index in [0.29, 0.717) is 30.6 Å². The third kappa shape index (κ3) is 2.76. The van der Waals surface area contributed by atoms with Crippen LogP contribution < -0.4 is 5.32 Å². The molecule has 2 aromatic heterocycles. The van der Waals surface area contributed by atoms with Crippen molar-refractivity contribution in [3.8, 4) is 10.7 Å². The molecule has 0 spiro atoms. The van der Waals surface area contributed by atoms with E-state index in [4.69, 9.17) is 4.52 Å². The van der Waals surface area contributed by atoms with E-state index < -0.39 is 0 Å². The first-order valence-corrected chi connectivity index (χ1v) is 6.85. The van der Waals surface area contributed by atoms with E-state index in [1.54, 1.807) is 11.3 Å². The highest BCUT2D eigenvalue weighted by Gasteiger charge is 2.23. The Balaban J connectivity index is 1.55. The molecule has 0 aliphatic heterocycles. The SMILES string of the molecule is O=C(CCc1nc(-c2cccs2)no1)NC1CC1. The van der Waals surface area contributed by atoms with Gasteiger partial charge < -0.3 is 9.84 Å². The van der Waals surface area contributed by atoms with E-state index in [0.717, 1.165) is 17.7 Å². The average molecular weight is 263 g/mol. The summed E-state index contributed by atoms with van der Waals surface area (Å²) in [5.41, 5.74) is 0. The summed E-state index contributed by atoms with van der Waals surface area (Å²) in [5.74, 6) is 1.18. The number of aromatic nitrogens is 2. The monoisotopic (exact) mass is 263 g/mol. The van der Waals surface area contributed by atoms with Gasteiger partial charge in [0.2, 0.25) is 17.6 Å². The Morgan fingerprint density at radius 3 is 3.17 bits per heavy atom. The summed E-state index contributed by atoms with van der Waals surface area (Å²) < 4.78 is 5.13. The molecule has 3 rings (SSSR count). The highest BCUT2D eigenvalue weighted by molar-refractivity contribution is 7.13. The molecule has 6 heteroatoms. The fourth-order valence-corrected chi connectivity index (χ4v) is 2.26. The summed E-state index contributed by atoms with van der Waals surface area (Å²) in [6.07, 6.45) is 3.11. The van der Waals surface area contributed by atoms with Gasteiger partial charge in [-0.25, -0.2) is 0 Å². The van der Waals surface area contributed by atoms with Gasteiger partial charge in [-0.2, -0.15) is 4.98 Å². The predicted molar refractivity (Wildman–Crippen MR) is 67.1 cm³/mol. The van der Waals surface area contributed by atoms with Crippen LogP contribution in [0.5, 0.6) is 0 Å². The second kappa shape index (κ2) is 4.89. The van der Waals surface area contributed by atoms with Crippen LogP contribution in [-0.4, -0.2) is 22.1 Å². The van der Waals surface area contributed by atoms with Gasteiger partial charge in [0.15, 0.2) is 0 Å². The lowest BCUT2D eigenvalue weighted by Crippen LogP contribution is -2.25. The van der Waals surface area contributed by atoms with Gasteiger partial charge in [0.05, 0.1) is 4.88 Å². The molecule has 1 saturated carbocycles. The van der Waals surface area contributed by atoms with Gasteiger partial charge in [-0.15, -0.1) is 11.3 Å². The molecule has 0 radical (unpaired) electrons.